The van der Waals surface area contributed by atoms with E-state index in [0.717, 1.165) is 5.56 Å². The molecule has 4 heteroatoms. The minimum atomic E-state index is -1.18. The van der Waals surface area contributed by atoms with E-state index >= 15 is 0 Å². The topological polar surface area (TPSA) is 60.4 Å². The van der Waals surface area contributed by atoms with Crippen LogP contribution < -0.4 is 0 Å². The zero-order chi connectivity index (χ0) is 11.6. The maximum atomic E-state index is 11.6. The van der Waals surface area contributed by atoms with E-state index in [1.165, 1.54) is 6.26 Å². The van der Waals surface area contributed by atoms with Gasteiger partial charge in [-0.25, -0.2) is 0 Å². The number of hydrogen-bond donors (Lipinski definition) is 1. The molecule has 0 fully saturated rings. The highest BCUT2D eigenvalue weighted by Crippen LogP contribution is 2.24. The first-order valence-corrected chi connectivity index (χ1v) is 6.28. The van der Waals surface area contributed by atoms with Crippen molar-refractivity contribution in [3.05, 3.63) is 28.8 Å². The number of carbonyl (C=O) groups excluding carboxylic acids is 1. The van der Waals surface area contributed by atoms with Gasteiger partial charge in [0.15, 0.2) is 5.75 Å². The largest absolute Gasteiger partial charge is 0.616 e. The molecule has 0 amide bonds. The molecule has 0 heterocycles. The van der Waals surface area contributed by atoms with Gasteiger partial charge < -0.3 is 9.66 Å². The van der Waals surface area contributed by atoms with Crippen LogP contribution >= 0.6 is 0 Å². The Balaban J connectivity index is 3.08. The fourth-order valence-corrected chi connectivity index (χ4v) is 1.96. The smallest absolute Gasteiger partial charge is 0.215 e. The molecular formula is C11H14O3S. The standard InChI is InChI=1S/C11H14O3S/c1-7-4-8(2)11(13)9(5-7)10(12)6-15(3)14/h4-5,13H,6H2,1-3H3. The monoisotopic (exact) mass is 226 g/mol. The van der Waals surface area contributed by atoms with Crippen molar-refractivity contribution in [1.82, 2.24) is 0 Å². The third kappa shape index (κ3) is 2.97. The van der Waals surface area contributed by atoms with Gasteiger partial charge in [0.05, 0.1) is 11.8 Å². The van der Waals surface area contributed by atoms with E-state index in [2.05, 4.69) is 0 Å². The first-order chi connectivity index (χ1) is 6.91. The van der Waals surface area contributed by atoms with Crippen molar-refractivity contribution in [2.24, 2.45) is 0 Å². The zero-order valence-corrected chi connectivity index (χ0v) is 9.85. The Morgan fingerprint density at radius 3 is 2.60 bits per heavy atom. The molecule has 0 spiro atoms. The molecule has 0 bridgehead atoms. The van der Waals surface area contributed by atoms with Crippen molar-refractivity contribution < 1.29 is 14.5 Å². The second-order valence-corrected chi connectivity index (χ2v) is 5.05. The zero-order valence-electron chi connectivity index (χ0n) is 9.03. The van der Waals surface area contributed by atoms with Gasteiger partial charge in [-0.15, -0.1) is 0 Å². The average molecular weight is 226 g/mol. The summed E-state index contributed by atoms with van der Waals surface area (Å²) in [6.07, 6.45) is 1.47. The lowest BCUT2D eigenvalue weighted by Crippen LogP contribution is -2.15. The number of phenolic OH excluding ortho intramolecular Hbond substituents is 1. The lowest BCUT2D eigenvalue weighted by Gasteiger charge is -2.08. The van der Waals surface area contributed by atoms with Gasteiger partial charge in [-0.3, -0.25) is 4.79 Å². The molecule has 0 aliphatic carbocycles. The number of benzene rings is 1. The van der Waals surface area contributed by atoms with Gasteiger partial charge in [0.25, 0.3) is 0 Å². The molecule has 1 unspecified atom stereocenters. The molecule has 3 nitrogen and oxygen atoms in total. The fourth-order valence-electron chi connectivity index (χ4n) is 1.43. The van der Waals surface area contributed by atoms with E-state index in [1.54, 1.807) is 19.1 Å². The third-order valence-corrected chi connectivity index (χ3v) is 2.75. The van der Waals surface area contributed by atoms with Gasteiger partial charge in [-0.1, -0.05) is 6.07 Å². The summed E-state index contributed by atoms with van der Waals surface area (Å²) in [7, 11) is 0. The van der Waals surface area contributed by atoms with Gasteiger partial charge >= 0.3 is 0 Å². The lowest BCUT2D eigenvalue weighted by atomic mass is 10.0. The number of carbonyl (C=O) groups is 1. The molecule has 1 rings (SSSR count). The van der Waals surface area contributed by atoms with Crippen LogP contribution in [0.2, 0.25) is 0 Å². The number of ketones is 1. The Hall–Kier alpha value is -1.00. The van der Waals surface area contributed by atoms with E-state index in [-0.39, 0.29) is 22.8 Å². The van der Waals surface area contributed by atoms with Crippen molar-refractivity contribution in [2.75, 3.05) is 12.0 Å². The van der Waals surface area contributed by atoms with Crippen molar-refractivity contribution in [2.45, 2.75) is 13.8 Å². The van der Waals surface area contributed by atoms with Crippen LogP contribution in [0.25, 0.3) is 0 Å². The van der Waals surface area contributed by atoms with Crippen LogP contribution in [0.3, 0.4) is 0 Å². The van der Waals surface area contributed by atoms with Crippen molar-refractivity contribution >= 4 is 17.0 Å². The highest BCUT2D eigenvalue weighted by atomic mass is 32.2. The summed E-state index contributed by atoms with van der Waals surface area (Å²) in [5.74, 6) is -0.326. The van der Waals surface area contributed by atoms with Gasteiger partial charge in [0.1, 0.15) is 5.75 Å². The van der Waals surface area contributed by atoms with Gasteiger partial charge in [0.2, 0.25) is 5.78 Å². The van der Waals surface area contributed by atoms with Gasteiger partial charge in [-0.05, 0) is 42.2 Å². The van der Waals surface area contributed by atoms with Crippen LogP contribution in [0.1, 0.15) is 21.5 Å². The molecule has 0 aliphatic heterocycles. The molecule has 0 radical (unpaired) electrons. The SMILES string of the molecule is Cc1cc(C)c(O)c(C(=O)C[S+](C)[O-])c1. The van der Waals surface area contributed by atoms with Crippen LogP contribution in [-0.2, 0) is 11.2 Å². The molecular weight excluding hydrogens is 212 g/mol. The second-order valence-electron chi connectivity index (χ2n) is 3.62. The second kappa shape index (κ2) is 4.68. The molecule has 0 saturated carbocycles. The highest BCUT2D eigenvalue weighted by Gasteiger charge is 2.17. The minimum Gasteiger partial charge on any atom is -0.616 e. The van der Waals surface area contributed by atoms with E-state index in [4.69, 9.17) is 0 Å². The van der Waals surface area contributed by atoms with Crippen molar-refractivity contribution in [3.8, 4) is 5.75 Å². The molecule has 15 heavy (non-hydrogen) atoms. The first kappa shape index (κ1) is 12.1. The van der Waals surface area contributed by atoms with Crippen LogP contribution in [-0.4, -0.2) is 27.5 Å². The molecule has 1 aromatic carbocycles. The van der Waals surface area contributed by atoms with Crippen LogP contribution in [0, 0.1) is 13.8 Å². The molecule has 82 valence electrons. The molecule has 1 atom stereocenters. The summed E-state index contributed by atoms with van der Waals surface area (Å²) in [5, 5.41) is 9.69. The maximum Gasteiger partial charge on any atom is 0.215 e. The Morgan fingerprint density at radius 2 is 2.07 bits per heavy atom. The average Bonchev–Trinajstić information content (AvgIpc) is 2.09. The van der Waals surface area contributed by atoms with E-state index < -0.39 is 11.2 Å². The number of aromatic hydroxyl groups is 1. The molecule has 1 aromatic rings. The summed E-state index contributed by atoms with van der Waals surface area (Å²) in [6.45, 7) is 3.59. The Labute approximate surface area is 92.3 Å². The summed E-state index contributed by atoms with van der Waals surface area (Å²) >= 11 is -1.18. The normalized spacial score (nSPS) is 12.5. The summed E-state index contributed by atoms with van der Waals surface area (Å²) < 4.78 is 10.9. The fraction of sp³-hybridized carbons (Fsp3) is 0.364. The van der Waals surface area contributed by atoms with Crippen LogP contribution in [0.4, 0.5) is 0 Å². The highest BCUT2D eigenvalue weighted by molar-refractivity contribution is 7.91. The minimum absolute atomic E-state index is 0.00366. The number of Topliss-reactive ketones (excluding diaryl/α,β-unsaturated/α-hetero) is 1. The molecule has 0 saturated heterocycles. The summed E-state index contributed by atoms with van der Waals surface area (Å²) in [6, 6.07) is 3.42. The number of aryl methyl sites for hydroxylation is 2. The lowest BCUT2D eigenvalue weighted by molar-refractivity contribution is 0.101. The number of hydrogen-bond acceptors (Lipinski definition) is 3. The predicted octanol–water partition coefficient (Wildman–Crippen LogP) is 1.57. The predicted molar refractivity (Wildman–Crippen MR) is 60.8 cm³/mol. The summed E-state index contributed by atoms with van der Waals surface area (Å²) in [4.78, 5) is 11.6. The van der Waals surface area contributed by atoms with E-state index in [0.29, 0.717) is 5.56 Å². The molecule has 1 N–H and O–H groups in total. The van der Waals surface area contributed by atoms with E-state index in [1.807, 2.05) is 6.92 Å². The number of rotatable bonds is 3. The Bertz CT molecular complexity index is 386. The molecule has 0 aliphatic rings. The van der Waals surface area contributed by atoms with Crippen LogP contribution in [0.15, 0.2) is 12.1 Å². The van der Waals surface area contributed by atoms with Crippen molar-refractivity contribution in [1.29, 1.82) is 0 Å². The Kier molecular flexibility index (Phi) is 3.77. The van der Waals surface area contributed by atoms with E-state index in [9.17, 15) is 14.5 Å². The third-order valence-electron chi connectivity index (χ3n) is 2.08. The first-order valence-electron chi connectivity index (χ1n) is 4.55. The maximum absolute atomic E-state index is 11.6. The van der Waals surface area contributed by atoms with Gasteiger partial charge in [0, 0.05) is 0 Å². The molecule has 0 aromatic heterocycles. The van der Waals surface area contributed by atoms with Crippen molar-refractivity contribution in [3.63, 3.8) is 0 Å². The summed E-state index contributed by atoms with van der Waals surface area (Å²) in [5.41, 5.74) is 1.85. The number of phenols is 1. The quantitative estimate of drug-likeness (QED) is 0.628. The Morgan fingerprint density at radius 1 is 1.47 bits per heavy atom. The van der Waals surface area contributed by atoms with Gasteiger partial charge in [-0.2, -0.15) is 0 Å². The van der Waals surface area contributed by atoms with Crippen LogP contribution in [0.5, 0.6) is 5.75 Å².